The highest BCUT2D eigenvalue weighted by Crippen LogP contribution is 2.27. The summed E-state index contributed by atoms with van der Waals surface area (Å²) >= 11 is 0.818. The van der Waals surface area contributed by atoms with E-state index in [0.29, 0.717) is 34.1 Å². The summed E-state index contributed by atoms with van der Waals surface area (Å²) in [5.74, 6) is -0.603. The summed E-state index contributed by atoms with van der Waals surface area (Å²) in [4.78, 5) is 46.3. The Hall–Kier alpha value is -5.45. The van der Waals surface area contributed by atoms with E-state index in [4.69, 9.17) is 13.8 Å². The van der Waals surface area contributed by atoms with E-state index in [1.54, 1.807) is 31.4 Å². The molecule has 0 aliphatic heterocycles. The molecule has 16 heteroatoms. The first-order valence-electron chi connectivity index (χ1n) is 14.4. The van der Waals surface area contributed by atoms with Gasteiger partial charge >= 0.3 is 0 Å². The Morgan fingerprint density at radius 3 is 1.81 bits per heavy atom. The number of aryl methyl sites for hydroxylation is 2. The van der Waals surface area contributed by atoms with Crippen molar-refractivity contribution in [1.29, 1.82) is 0 Å². The second-order valence-corrected chi connectivity index (χ2v) is 11.1. The van der Waals surface area contributed by atoms with Gasteiger partial charge in [0.25, 0.3) is 11.1 Å². The third-order valence-corrected chi connectivity index (χ3v) is 7.56. The van der Waals surface area contributed by atoms with E-state index in [1.165, 1.54) is 72.0 Å². The second-order valence-electron chi connectivity index (χ2n) is 10.5. The van der Waals surface area contributed by atoms with Crippen LogP contribution in [0, 0.1) is 11.6 Å². The number of nitrogens with one attached hydrogen (secondary N) is 1. The van der Waals surface area contributed by atoms with Crippen molar-refractivity contribution in [3.05, 3.63) is 105 Å². The third-order valence-electron chi connectivity index (χ3n) is 7.01. The Bertz CT molecular complexity index is 2250. The quantitative estimate of drug-likeness (QED) is 0.0871. The first-order valence-corrected chi connectivity index (χ1v) is 15.2. The molecule has 0 spiro atoms. The van der Waals surface area contributed by atoms with Gasteiger partial charge in [-0.1, -0.05) is 24.3 Å². The van der Waals surface area contributed by atoms with Crippen LogP contribution in [0.2, 0.25) is 0 Å². The van der Waals surface area contributed by atoms with E-state index in [2.05, 4.69) is 30.1 Å². The molecule has 48 heavy (non-hydrogen) atoms. The first-order chi connectivity index (χ1) is 23.2. The van der Waals surface area contributed by atoms with Crippen LogP contribution in [0.5, 0.6) is 23.0 Å². The Morgan fingerprint density at radius 2 is 1.29 bits per heavy atom. The fourth-order valence-corrected chi connectivity index (χ4v) is 4.79. The van der Waals surface area contributed by atoms with Gasteiger partial charge in [0, 0.05) is 43.3 Å². The Morgan fingerprint density at radius 1 is 0.771 bits per heavy atom. The summed E-state index contributed by atoms with van der Waals surface area (Å²) in [5, 5.41) is 4.68. The Kier molecular flexibility index (Phi) is 9.56. The van der Waals surface area contributed by atoms with Gasteiger partial charge in [0.2, 0.25) is 11.1 Å². The number of para-hydroxylation sites is 2. The molecule has 0 atom stereocenters. The maximum Gasteiger partial charge on any atom is 0.294 e. The van der Waals surface area contributed by atoms with Gasteiger partial charge in [-0.15, -0.1) is 0 Å². The molecular formula is C32H27F2N7O6S. The lowest BCUT2D eigenvalue weighted by Gasteiger charge is -2.11. The summed E-state index contributed by atoms with van der Waals surface area (Å²) in [6, 6.07) is 15.2. The van der Waals surface area contributed by atoms with Crippen LogP contribution in [0.15, 0.2) is 87.8 Å². The summed E-state index contributed by atoms with van der Waals surface area (Å²) < 4.78 is 45.7. The predicted octanol–water partition coefficient (Wildman–Crippen LogP) is 5.68. The largest absolute Gasteiger partial charge is 0.448 e. The molecule has 1 saturated carbocycles. The van der Waals surface area contributed by atoms with Crippen molar-refractivity contribution in [2.75, 3.05) is 12.4 Å². The smallest absolute Gasteiger partial charge is 0.294 e. The molecule has 0 amide bonds. The molecule has 0 bridgehead atoms. The molecule has 0 radical (unpaired) electrons. The SMILES string of the molecule is COOSc1ncc2cc(Oc3ccccc3F)c(=O)n(C)c2n1.Cn1c(=O)c(Oc2ccccc2F)cc2cnc(NC3CC3)nc21. The van der Waals surface area contributed by atoms with E-state index in [0.717, 1.165) is 24.9 Å². The van der Waals surface area contributed by atoms with E-state index in [9.17, 15) is 18.4 Å². The zero-order chi connectivity index (χ0) is 33.8. The molecule has 7 rings (SSSR count). The molecule has 1 aliphatic carbocycles. The average Bonchev–Trinajstić information content (AvgIpc) is 3.91. The van der Waals surface area contributed by atoms with E-state index >= 15 is 0 Å². The van der Waals surface area contributed by atoms with Crippen LogP contribution in [0.25, 0.3) is 22.1 Å². The normalized spacial score (nSPS) is 12.4. The highest BCUT2D eigenvalue weighted by molar-refractivity contribution is 7.94. The van der Waals surface area contributed by atoms with Gasteiger partial charge in [0.05, 0.1) is 7.11 Å². The van der Waals surface area contributed by atoms with E-state index < -0.39 is 17.2 Å². The number of fused-ring (bicyclic) bond motifs is 2. The minimum absolute atomic E-state index is 0.00175. The van der Waals surface area contributed by atoms with Gasteiger partial charge in [-0.2, -0.15) is 9.32 Å². The number of hydrogen-bond donors (Lipinski definition) is 1. The fourth-order valence-electron chi connectivity index (χ4n) is 4.44. The Labute approximate surface area is 275 Å². The molecule has 0 unspecified atom stereocenters. The maximum atomic E-state index is 13.7. The molecule has 13 nitrogen and oxygen atoms in total. The van der Waals surface area contributed by atoms with Gasteiger partial charge in [-0.3, -0.25) is 18.7 Å². The number of benzene rings is 2. The second kappa shape index (κ2) is 14.1. The first kappa shape index (κ1) is 32.5. The molecule has 1 N–H and O–H groups in total. The zero-order valence-electron chi connectivity index (χ0n) is 25.7. The van der Waals surface area contributed by atoms with Crippen LogP contribution in [-0.2, 0) is 23.3 Å². The molecule has 246 valence electrons. The number of anilines is 1. The minimum Gasteiger partial charge on any atom is -0.448 e. The van der Waals surface area contributed by atoms with Crippen molar-refractivity contribution in [3.8, 4) is 23.0 Å². The molecule has 2 aromatic carbocycles. The van der Waals surface area contributed by atoms with Crippen LogP contribution in [-0.4, -0.2) is 42.2 Å². The van der Waals surface area contributed by atoms with Gasteiger partial charge in [-0.25, -0.2) is 28.6 Å². The van der Waals surface area contributed by atoms with Crippen LogP contribution < -0.4 is 25.9 Å². The number of aromatic nitrogens is 6. The van der Waals surface area contributed by atoms with Crippen LogP contribution in [0.1, 0.15) is 12.8 Å². The van der Waals surface area contributed by atoms with Gasteiger partial charge in [-0.05, 0) is 49.2 Å². The van der Waals surface area contributed by atoms with Crippen LogP contribution >= 0.6 is 12.0 Å². The van der Waals surface area contributed by atoms with Crippen LogP contribution in [0.4, 0.5) is 14.7 Å². The van der Waals surface area contributed by atoms with Crippen molar-refractivity contribution in [2.45, 2.75) is 24.0 Å². The topological polar surface area (TPSA) is 145 Å². The molecule has 6 aromatic rings. The Balaban J connectivity index is 0.000000167. The van der Waals surface area contributed by atoms with Crippen LogP contribution in [0.3, 0.4) is 0 Å². The molecule has 1 aliphatic rings. The average molecular weight is 676 g/mol. The minimum atomic E-state index is -0.556. The summed E-state index contributed by atoms with van der Waals surface area (Å²) in [6.45, 7) is 0. The lowest BCUT2D eigenvalue weighted by atomic mass is 10.3. The molecule has 4 aromatic heterocycles. The number of hydrogen-bond acceptors (Lipinski definition) is 12. The van der Waals surface area contributed by atoms with Gasteiger partial charge < -0.3 is 14.8 Å². The number of halogens is 2. The molecule has 0 saturated heterocycles. The zero-order valence-corrected chi connectivity index (χ0v) is 26.5. The summed E-state index contributed by atoms with van der Waals surface area (Å²) in [7, 11) is 4.50. The van der Waals surface area contributed by atoms with Crippen molar-refractivity contribution < 1.29 is 27.5 Å². The van der Waals surface area contributed by atoms with Crippen molar-refractivity contribution in [2.24, 2.45) is 14.1 Å². The predicted molar refractivity (Wildman–Crippen MR) is 173 cm³/mol. The standard InChI is InChI=1S/C17H15FN4O2.C15H12FN3O4S/c1-22-15-10(9-19-17(21-15)20-11-6-7-11)8-14(16(22)23)24-13-5-3-2-4-12(13)18;1-19-13-9(8-17-15(18-13)24-23-21-2)7-12(14(19)20)22-11-6-4-3-5-10(11)16/h2-5,8-9,11H,6-7H2,1H3,(H,19,20,21);3-8H,1-2H3. The molecule has 4 heterocycles. The third kappa shape index (κ3) is 7.25. The van der Waals surface area contributed by atoms with Gasteiger partial charge in [0.15, 0.2) is 34.6 Å². The van der Waals surface area contributed by atoms with Crippen molar-refractivity contribution in [1.82, 2.24) is 29.1 Å². The van der Waals surface area contributed by atoms with E-state index in [-0.39, 0.29) is 33.7 Å². The van der Waals surface area contributed by atoms with Crippen molar-refractivity contribution >= 4 is 40.1 Å². The lowest BCUT2D eigenvalue weighted by Crippen LogP contribution is -2.20. The molecule has 1 fully saturated rings. The van der Waals surface area contributed by atoms with Crippen molar-refractivity contribution in [3.63, 3.8) is 0 Å². The number of rotatable bonds is 9. The van der Waals surface area contributed by atoms with Gasteiger partial charge in [0.1, 0.15) is 23.3 Å². The molecular weight excluding hydrogens is 648 g/mol. The highest BCUT2D eigenvalue weighted by atomic mass is 32.2. The van der Waals surface area contributed by atoms with E-state index in [1.807, 2.05) is 0 Å². The number of nitrogens with zero attached hydrogens (tertiary/aromatic N) is 6. The summed E-state index contributed by atoms with van der Waals surface area (Å²) in [6.07, 6.45) is 5.35. The lowest BCUT2D eigenvalue weighted by molar-refractivity contribution is -0.160. The summed E-state index contributed by atoms with van der Waals surface area (Å²) in [5.41, 5.74) is 0.0482. The maximum absolute atomic E-state index is 13.7. The number of pyridine rings is 2. The fraction of sp³-hybridized carbons (Fsp3) is 0.188. The highest BCUT2D eigenvalue weighted by Gasteiger charge is 2.22. The monoisotopic (exact) mass is 675 g/mol. The number of ether oxygens (including phenoxy) is 2.